The molecule has 0 radical (unpaired) electrons. The molecule has 0 unspecified atom stereocenters. The predicted octanol–water partition coefficient (Wildman–Crippen LogP) is 4.64. The Morgan fingerprint density at radius 1 is 1.16 bits per heavy atom. The van der Waals surface area contributed by atoms with Crippen LogP contribution in [0.2, 0.25) is 0 Å². The van der Waals surface area contributed by atoms with Crippen LogP contribution in [0.3, 0.4) is 0 Å². The van der Waals surface area contributed by atoms with Crippen LogP contribution in [0.4, 0.5) is 0 Å². The summed E-state index contributed by atoms with van der Waals surface area (Å²) in [5.41, 5.74) is 2.32. The van der Waals surface area contributed by atoms with Gasteiger partial charge >= 0.3 is 0 Å². The van der Waals surface area contributed by atoms with E-state index in [9.17, 15) is 4.79 Å². The SMILES string of the molecule is CCOc1ccc(CN2Cc3ccccc3OC3(CCC(N(C)C(C)=O)CC3)C2)cc1. The summed E-state index contributed by atoms with van der Waals surface area (Å²) >= 11 is 0. The van der Waals surface area contributed by atoms with Crippen LogP contribution in [0, 0.1) is 0 Å². The monoisotopic (exact) mass is 422 g/mol. The summed E-state index contributed by atoms with van der Waals surface area (Å²) in [5, 5.41) is 0. The average molecular weight is 423 g/mol. The van der Waals surface area contributed by atoms with Crippen LogP contribution in [0.5, 0.6) is 11.5 Å². The van der Waals surface area contributed by atoms with Crippen LogP contribution in [-0.2, 0) is 17.9 Å². The maximum absolute atomic E-state index is 11.8. The minimum atomic E-state index is -0.202. The van der Waals surface area contributed by atoms with E-state index >= 15 is 0 Å². The molecule has 166 valence electrons. The number of ether oxygens (including phenoxy) is 2. The second-order valence-corrected chi connectivity index (χ2v) is 8.98. The van der Waals surface area contributed by atoms with Gasteiger partial charge in [0, 0.05) is 45.2 Å². The quantitative estimate of drug-likeness (QED) is 0.704. The Labute approximate surface area is 185 Å². The Kier molecular flexibility index (Phi) is 6.51. The first-order chi connectivity index (χ1) is 15.0. The lowest BCUT2D eigenvalue weighted by molar-refractivity contribution is -0.131. The molecule has 2 aromatic carbocycles. The van der Waals surface area contributed by atoms with Gasteiger partial charge < -0.3 is 14.4 Å². The van der Waals surface area contributed by atoms with Gasteiger partial charge in [-0.2, -0.15) is 0 Å². The summed E-state index contributed by atoms with van der Waals surface area (Å²) in [6.07, 6.45) is 3.89. The van der Waals surface area contributed by atoms with E-state index in [2.05, 4.69) is 53.4 Å². The fourth-order valence-corrected chi connectivity index (χ4v) is 4.96. The molecule has 4 rings (SSSR count). The summed E-state index contributed by atoms with van der Waals surface area (Å²) in [6, 6.07) is 17.2. The van der Waals surface area contributed by atoms with Gasteiger partial charge in [-0.15, -0.1) is 0 Å². The van der Waals surface area contributed by atoms with E-state index in [0.717, 1.165) is 56.8 Å². The first-order valence-electron chi connectivity index (χ1n) is 11.4. The smallest absolute Gasteiger partial charge is 0.219 e. The molecule has 1 fully saturated rings. The van der Waals surface area contributed by atoms with E-state index in [1.54, 1.807) is 6.92 Å². The van der Waals surface area contributed by atoms with Crippen LogP contribution in [0.15, 0.2) is 48.5 Å². The number of benzene rings is 2. The molecule has 1 aliphatic heterocycles. The maximum atomic E-state index is 11.8. The van der Waals surface area contributed by atoms with Crippen molar-refractivity contribution in [3.63, 3.8) is 0 Å². The van der Waals surface area contributed by atoms with Crippen molar-refractivity contribution in [2.45, 2.75) is 64.3 Å². The minimum absolute atomic E-state index is 0.144. The topological polar surface area (TPSA) is 42.0 Å². The summed E-state index contributed by atoms with van der Waals surface area (Å²) in [5.74, 6) is 2.07. The van der Waals surface area contributed by atoms with Crippen LogP contribution >= 0.6 is 0 Å². The van der Waals surface area contributed by atoms with Gasteiger partial charge in [-0.05, 0) is 56.4 Å². The van der Waals surface area contributed by atoms with Crippen LogP contribution < -0.4 is 9.47 Å². The fourth-order valence-electron chi connectivity index (χ4n) is 4.96. The van der Waals surface area contributed by atoms with Crippen molar-refractivity contribution in [1.29, 1.82) is 0 Å². The molecule has 1 spiro atoms. The van der Waals surface area contributed by atoms with Crippen LogP contribution in [0.1, 0.15) is 50.7 Å². The molecule has 0 saturated heterocycles. The maximum Gasteiger partial charge on any atom is 0.219 e. The highest BCUT2D eigenvalue weighted by atomic mass is 16.5. The number of hydrogen-bond donors (Lipinski definition) is 0. The summed E-state index contributed by atoms with van der Waals surface area (Å²) in [6.45, 7) is 6.99. The fraction of sp³-hybridized carbons (Fsp3) is 0.500. The summed E-state index contributed by atoms with van der Waals surface area (Å²) in [7, 11) is 1.92. The van der Waals surface area contributed by atoms with Gasteiger partial charge in [0.2, 0.25) is 5.91 Å². The molecule has 1 amide bonds. The normalized spacial score (nSPS) is 23.5. The highest BCUT2D eigenvalue weighted by Crippen LogP contribution is 2.39. The molecular formula is C26H34N2O3. The van der Waals surface area contributed by atoms with E-state index in [1.165, 1.54) is 11.1 Å². The van der Waals surface area contributed by atoms with Gasteiger partial charge in [-0.1, -0.05) is 30.3 Å². The zero-order chi connectivity index (χ0) is 21.8. The number of nitrogens with zero attached hydrogens (tertiary/aromatic N) is 2. The molecule has 0 aromatic heterocycles. The predicted molar refractivity (Wildman–Crippen MR) is 122 cm³/mol. The zero-order valence-electron chi connectivity index (χ0n) is 19.0. The van der Waals surface area contributed by atoms with Gasteiger partial charge in [-0.25, -0.2) is 0 Å². The molecule has 2 aliphatic rings. The molecule has 31 heavy (non-hydrogen) atoms. The van der Waals surface area contributed by atoms with E-state index in [0.29, 0.717) is 12.6 Å². The third-order valence-electron chi connectivity index (χ3n) is 6.76. The van der Waals surface area contributed by atoms with E-state index < -0.39 is 0 Å². The van der Waals surface area contributed by atoms with Gasteiger partial charge in [0.15, 0.2) is 0 Å². The summed E-state index contributed by atoms with van der Waals surface area (Å²) in [4.78, 5) is 16.2. The molecule has 1 saturated carbocycles. The minimum Gasteiger partial charge on any atom is -0.494 e. The number of rotatable bonds is 5. The number of fused-ring (bicyclic) bond motifs is 1. The number of carbonyl (C=O) groups excluding carboxylic acids is 1. The lowest BCUT2D eigenvalue weighted by atomic mass is 9.81. The van der Waals surface area contributed by atoms with E-state index in [4.69, 9.17) is 9.47 Å². The number of carbonyl (C=O) groups is 1. The molecule has 1 heterocycles. The molecule has 5 heteroatoms. The zero-order valence-corrected chi connectivity index (χ0v) is 19.0. The molecule has 0 N–H and O–H groups in total. The largest absolute Gasteiger partial charge is 0.494 e. The third-order valence-corrected chi connectivity index (χ3v) is 6.76. The van der Waals surface area contributed by atoms with Gasteiger partial charge in [0.25, 0.3) is 0 Å². The Morgan fingerprint density at radius 2 is 1.87 bits per heavy atom. The van der Waals surface area contributed by atoms with E-state index in [-0.39, 0.29) is 11.5 Å². The standard InChI is InChI=1S/C26H34N2O3/c1-4-30-24-11-9-21(10-12-24)17-28-18-22-7-5-6-8-25(22)31-26(19-28)15-13-23(14-16-26)27(3)20(2)29/h5-12,23H,4,13-19H2,1-3H3. The molecule has 0 bridgehead atoms. The van der Waals surface area contributed by atoms with Crippen molar-refractivity contribution in [2.75, 3.05) is 20.2 Å². The van der Waals surface area contributed by atoms with Crippen molar-refractivity contribution < 1.29 is 14.3 Å². The van der Waals surface area contributed by atoms with Gasteiger partial charge in [0.05, 0.1) is 6.61 Å². The third kappa shape index (κ3) is 5.04. The highest BCUT2D eigenvalue weighted by Gasteiger charge is 2.42. The number of para-hydroxylation sites is 1. The van der Waals surface area contributed by atoms with Crippen LogP contribution in [-0.4, -0.2) is 47.5 Å². The van der Waals surface area contributed by atoms with Crippen molar-refractivity contribution in [3.05, 3.63) is 59.7 Å². The molecule has 2 aromatic rings. The molecular weight excluding hydrogens is 388 g/mol. The van der Waals surface area contributed by atoms with Crippen molar-refractivity contribution in [1.82, 2.24) is 9.80 Å². The molecule has 5 nitrogen and oxygen atoms in total. The lowest BCUT2D eigenvalue weighted by Gasteiger charge is -2.43. The molecule has 0 atom stereocenters. The van der Waals surface area contributed by atoms with Crippen LogP contribution in [0.25, 0.3) is 0 Å². The Balaban J connectivity index is 1.53. The molecule has 1 aliphatic carbocycles. The lowest BCUT2D eigenvalue weighted by Crippen LogP contribution is -2.51. The number of amides is 1. The van der Waals surface area contributed by atoms with Crippen molar-refractivity contribution in [3.8, 4) is 11.5 Å². The van der Waals surface area contributed by atoms with Gasteiger partial charge in [0.1, 0.15) is 17.1 Å². The Morgan fingerprint density at radius 3 is 2.55 bits per heavy atom. The second kappa shape index (κ2) is 9.31. The van der Waals surface area contributed by atoms with E-state index in [1.807, 2.05) is 18.9 Å². The first kappa shape index (κ1) is 21.7. The van der Waals surface area contributed by atoms with Crippen molar-refractivity contribution >= 4 is 5.91 Å². The first-order valence-corrected chi connectivity index (χ1v) is 11.4. The highest BCUT2D eigenvalue weighted by molar-refractivity contribution is 5.73. The second-order valence-electron chi connectivity index (χ2n) is 8.98. The Hall–Kier alpha value is -2.53. The van der Waals surface area contributed by atoms with Gasteiger partial charge in [-0.3, -0.25) is 9.69 Å². The Bertz CT molecular complexity index is 888. The number of hydrogen-bond acceptors (Lipinski definition) is 4. The summed E-state index contributed by atoms with van der Waals surface area (Å²) < 4.78 is 12.3. The average Bonchev–Trinajstić information content (AvgIpc) is 2.91. The van der Waals surface area contributed by atoms with Crippen molar-refractivity contribution in [2.24, 2.45) is 0 Å².